The number of aliphatic carboxylic acids is 3. The molecule has 0 aromatic heterocycles. The van der Waals surface area contributed by atoms with Gasteiger partial charge >= 0.3 is 20.1 Å². The second-order valence-corrected chi connectivity index (χ2v) is 2.99. The van der Waals surface area contributed by atoms with Crippen LogP contribution in [0.1, 0.15) is 20.8 Å². The van der Waals surface area contributed by atoms with Gasteiger partial charge in [-0.1, -0.05) is 0 Å². The van der Waals surface area contributed by atoms with Crippen LogP contribution in [0.2, 0.25) is 0 Å². The predicted molar refractivity (Wildman–Crippen MR) is 50.1 cm³/mol. The molecule has 0 aromatic rings. The molecule has 9 nitrogen and oxygen atoms in total. The summed E-state index contributed by atoms with van der Waals surface area (Å²) in [7, 11) is 0. The van der Waals surface area contributed by atoms with Crippen LogP contribution in [0.3, 0.4) is 0 Å². The van der Waals surface area contributed by atoms with E-state index in [0.717, 1.165) is 20.8 Å². The van der Waals surface area contributed by atoms with E-state index in [-0.39, 0.29) is 20.1 Å². The van der Waals surface area contributed by atoms with Crippen LogP contribution >= 0.6 is 0 Å². The summed E-state index contributed by atoms with van der Waals surface area (Å²) in [6.07, 6.45) is -4.03. The van der Waals surface area contributed by atoms with Gasteiger partial charge in [0.1, 0.15) is 0 Å². The molecule has 3 N–H and O–H groups in total. The maximum atomic E-state index is 9.34. The monoisotopic (exact) mass is 460 g/mol. The minimum atomic E-state index is -1.44. The van der Waals surface area contributed by atoms with Crippen molar-refractivity contribution in [3.8, 4) is 0 Å². The van der Waals surface area contributed by atoms with Crippen molar-refractivity contribution in [2.45, 2.75) is 39.1 Å². The topological polar surface area (TPSA) is 181 Å². The molecular weight excluding hydrogens is 444 g/mol. The Morgan fingerprint density at radius 3 is 0.737 bits per heavy atom. The van der Waals surface area contributed by atoms with E-state index >= 15 is 0 Å². The summed E-state index contributed by atoms with van der Waals surface area (Å²) < 4.78 is 0. The van der Waals surface area contributed by atoms with E-state index in [1.165, 1.54) is 0 Å². The minimum Gasteiger partial charge on any atom is -0.547 e. The van der Waals surface area contributed by atoms with Crippen molar-refractivity contribution in [2.24, 2.45) is 0 Å². The Labute approximate surface area is 122 Å². The first-order valence-electron chi connectivity index (χ1n) is 4.60. The second-order valence-electron chi connectivity index (χ2n) is 2.99. The number of aliphatic hydroxyl groups is 3. The first kappa shape index (κ1) is 26.5. The molecule has 0 bridgehead atoms. The van der Waals surface area contributed by atoms with Crippen molar-refractivity contribution < 1.29 is 65.1 Å². The molecule has 0 fully saturated rings. The van der Waals surface area contributed by atoms with E-state index in [2.05, 4.69) is 0 Å². The Morgan fingerprint density at radius 2 is 0.737 bits per heavy atom. The van der Waals surface area contributed by atoms with Gasteiger partial charge in [-0.2, -0.15) is 0 Å². The molecule has 10 heteroatoms. The Bertz CT molecular complexity index is 220. The number of hydrogen-bond donors (Lipinski definition) is 3. The van der Waals surface area contributed by atoms with Gasteiger partial charge in [-0.15, -0.1) is 0 Å². The van der Waals surface area contributed by atoms with Crippen molar-refractivity contribution in [1.82, 2.24) is 0 Å². The average Bonchev–Trinajstić information content (AvgIpc) is 2.18. The van der Waals surface area contributed by atoms with Crippen molar-refractivity contribution >= 4 is 17.9 Å². The number of carbonyl (C=O) groups excluding carboxylic acids is 3. The standard InChI is InChI=1S/3C3H6O3.Ir/c3*1-2(4)3(5)6;/h3*2,4H,1H3,(H,5,6);/q;;;+3/p-3. The van der Waals surface area contributed by atoms with Crippen LogP contribution in [-0.2, 0) is 34.5 Å². The summed E-state index contributed by atoms with van der Waals surface area (Å²) in [6, 6.07) is 0. The number of carboxylic acid groups (broad SMARTS) is 3. The Balaban J connectivity index is -0.0000000865. The molecule has 0 saturated carbocycles. The van der Waals surface area contributed by atoms with Crippen molar-refractivity contribution in [1.29, 1.82) is 0 Å². The molecule has 3 atom stereocenters. The molecule has 3 unspecified atom stereocenters. The molecule has 0 saturated heterocycles. The Morgan fingerprint density at radius 1 is 0.684 bits per heavy atom. The average molecular weight is 459 g/mol. The molecule has 0 aliphatic heterocycles. The van der Waals surface area contributed by atoms with Crippen LogP contribution in [0.15, 0.2) is 0 Å². The molecule has 0 spiro atoms. The van der Waals surface area contributed by atoms with Gasteiger partial charge in [0.25, 0.3) is 0 Å². The number of rotatable bonds is 3. The number of aliphatic hydroxyl groups excluding tert-OH is 3. The molecule has 114 valence electrons. The molecule has 0 amide bonds. The Kier molecular flexibility index (Phi) is 20.9. The summed E-state index contributed by atoms with van der Waals surface area (Å²) in [5, 5.41) is 51.9. The quantitative estimate of drug-likeness (QED) is 0.371. The van der Waals surface area contributed by atoms with Gasteiger partial charge in [-0.3, -0.25) is 0 Å². The molecule has 0 aliphatic carbocycles. The van der Waals surface area contributed by atoms with Gasteiger partial charge in [0.05, 0.1) is 36.2 Å². The number of carbonyl (C=O) groups is 3. The van der Waals surface area contributed by atoms with Crippen molar-refractivity contribution in [3.63, 3.8) is 0 Å². The molecule has 0 heterocycles. The van der Waals surface area contributed by atoms with Gasteiger partial charge in [-0.05, 0) is 20.8 Å². The fourth-order valence-electron chi connectivity index (χ4n) is 0. The predicted octanol–water partition coefficient (Wildman–Crippen LogP) is -5.65. The first-order chi connectivity index (χ1) is 7.93. The van der Waals surface area contributed by atoms with Crippen LogP contribution in [0.4, 0.5) is 0 Å². The molecular formula is C9H15IrO9. The van der Waals surface area contributed by atoms with E-state index in [9.17, 15) is 29.7 Å². The molecule has 0 radical (unpaired) electrons. The summed E-state index contributed by atoms with van der Waals surface area (Å²) in [5.41, 5.74) is 0. The SMILES string of the molecule is CC(O)C(=O)[O-].CC(O)C(=O)[O-].CC(O)C(=O)[O-].[Ir+3]. The van der Waals surface area contributed by atoms with Gasteiger partial charge < -0.3 is 45.0 Å². The molecule has 0 aliphatic rings. The summed E-state index contributed by atoms with van der Waals surface area (Å²) in [4.78, 5) is 28.0. The summed E-state index contributed by atoms with van der Waals surface area (Å²) in [5.74, 6) is -4.31. The number of carboxylic acids is 3. The van der Waals surface area contributed by atoms with Crippen LogP contribution in [0.25, 0.3) is 0 Å². The zero-order valence-corrected chi connectivity index (χ0v) is 12.8. The third-order valence-electron chi connectivity index (χ3n) is 1.02. The molecule has 0 aromatic carbocycles. The van der Waals surface area contributed by atoms with Crippen LogP contribution < -0.4 is 15.3 Å². The Hall–Kier alpha value is -1.06. The van der Waals surface area contributed by atoms with Gasteiger partial charge in [-0.25, -0.2) is 0 Å². The zero-order chi connectivity index (χ0) is 15.5. The smallest absolute Gasteiger partial charge is 0.547 e. The summed E-state index contributed by atoms with van der Waals surface area (Å²) >= 11 is 0. The van der Waals surface area contributed by atoms with E-state index in [1.54, 1.807) is 0 Å². The van der Waals surface area contributed by atoms with Gasteiger partial charge in [0.2, 0.25) is 0 Å². The van der Waals surface area contributed by atoms with Crippen molar-refractivity contribution in [3.05, 3.63) is 0 Å². The van der Waals surface area contributed by atoms with E-state index in [4.69, 9.17) is 15.3 Å². The second kappa shape index (κ2) is 15.0. The van der Waals surface area contributed by atoms with Gasteiger partial charge in [0, 0.05) is 0 Å². The molecule has 19 heavy (non-hydrogen) atoms. The zero-order valence-electron chi connectivity index (χ0n) is 10.4. The number of hydrogen-bond acceptors (Lipinski definition) is 9. The summed E-state index contributed by atoms with van der Waals surface area (Å²) in [6.45, 7) is 3.40. The van der Waals surface area contributed by atoms with E-state index in [1.807, 2.05) is 0 Å². The van der Waals surface area contributed by atoms with Crippen LogP contribution in [0.5, 0.6) is 0 Å². The normalized spacial score (nSPS) is 12.9. The van der Waals surface area contributed by atoms with E-state index in [0.29, 0.717) is 0 Å². The largest absolute Gasteiger partial charge is 3.00 e. The van der Waals surface area contributed by atoms with Crippen LogP contribution in [0, 0.1) is 0 Å². The fourth-order valence-corrected chi connectivity index (χ4v) is 0. The maximum absolute atomic E-state index is 9.34. The van der Waals surface area contributed by atoms with E-state index < -0.39 is 36.2 Å². The van der Waals surface area contributed by atoms with Crippen molar-refractivity contribution in [2.75, 3.05) is 0 Å². The first-order valence-corrected chi connectivity index (χ1v) is 4.60. The minimum absolute atomic E-state index is 0. The fraction of sp³-hybridized carbons (Fsp3) is 0.667. The molecule has 0 rings (SSSR count). The van der Waals surface area contributed by atoms with Gasteiger partial charge in [0.15, 0.2) is 0 Å². The third kappa shape index (κ3) is 31.6. The van der Waals surface area contributed by atoms with Crippen LogP contribution in [-0.4, -0.2) is 51.5 Å². The third-order valence-corrected chi connectivity index (χ3v) is 1.02. The maximum Gasteiger partial charge on any atom is 3.00 e.